The second kappa shape index (κ2) is 5.54. The minimum absolute atomic E-state index is 0.0579. The van der Waals surface area contributed by atoms with E-state index in [1.807, 2.05) is 6.92 Å². The summed E-state index contributed by atoms with van der Waals surface area (Å²) in [5.41, 5.74) is 1.64. The third kappa shape index (κ3) is 3.19. The van der Waals surface area contributed by atoms with Gasteiger partial charge < -0.3 is 0 Å². The molecule has 106 valence electrons. The largest absolute Gasteiger partial charge is 0.277 e. The molecule has 0 saturated heterocycles. The molecular weight excluding hydrogens is 345 g/mol. The lowest BCUT2D eigenvalue weighted by atomic mass is 10.2. The van der Waals surface area contributed by atoms with Crippen LogP contribution in [-0.4, -0.2) is 8.42 Å². The molecule has 0 radical (unpaired) electrons. The summed E-state index contributed by atoms with van der Waals surface area (Å²) in [7, 11) is -3.84. The van der Waals surface area contributed by atoms with Gasteiger partial charge in [-0.2, -0.15) is 0 Å². The van der Waals surface area contributed by atoms with Crippen molar-refractivity contribution in [2.45, 2.75) is 18.7 Å². The van der Waals surface area contributed by atoms with E-state index in [9.17, 15) is 12.8 Å². The van der Waals surface area contributed by atoms with Crippen molar-refractivity contribution in [1.29, 1.82) is 0 Å². The maximum Gasteiger partial charge on any atom is 0.263 e. The van der Waals surface area contributed by atoms with Gasteiger partial charge in [-0.15, -0.1) is 0 Å². The number of hydrogen-bond donors (Lipinski definition) is 1. The summed E-state index contributed by atoms with van der Waals surface area (Å²) in [5.74, 6) is -0.609. The van der Waals surface area contributed by atoms with Gasteiger partial charge in [-0.3, -0.25) is 4.72 Å². The van der Waals surface area contributed by atoms with Crippen LogP contribution in [0.3, 0.4) is 0 Å². The van der Waals surface area contributed by atoms with E-state index in [1.165, 1.54) is 18.2 Å². The molecule has 0 fully saturated rings. The molecule has 0 aliphatic heterocycles. The van der Waals surface area contributed by atoms with E-state index in [0.29, 0.717) is 4.47 Å². The van der Waals surface area contributed by atoms with Crippen LogP contribution in [0.1, 0.15) is 11.1 Å². The Kier molecular flexibility index (Phi) is 4.15. The van der Waals surface area contributed by atoms with Crippen LogP contribution < -0.4 is 4.72 Å². The highest BCUT2D eigenvalue weighted by Crippen LogP contribution is 2.26. The summed E-state index contributed by atoms with van der Waals surface area (Å²) in [6.07, 6.45) is 0. The molecule has 2 aromatic carbocycles. The Morgan fingerprint density at radius 3 is 2.30 bits per heavy atom. The molecule has 0 aromatic heterocycles. The third-order valence-electron chi connectivity index (χ3n) is 2.74. The monoisotopic (exact) mass is 357 g/mol. The lowest BCUT2D eigenvalue weighted by Crippen LogP contribution is -2.14. The van der Waals surface area contributed by atoms with Crippen LogP contribution in [0, 0.1) is 19.7 Å². The molecule has 0 saturated carbocycles. The maximum atomic E-state index is 13.6. The first kappa shape index (κ1) is 15.0. The van der Waals surface area contributed by atoms with Crippen molar-refractivity contribution in [3.63, 3.8) is 0 Å². The fourth-order valence-electron chi connectivity index (χ4n) is 1.74. The fraction of sp³-hybridized carbons (Fsp3) is 0.143. The number of anilines is 1. The molecular formula is C14H13BrFNO2S. The maximum absolute atomic E-state index is 13.6. The van der Waals surface area contributed by atoms with Gasteiger partial charge in [0.15, 0.2) is 0 Å². The first-order valence-electron chi connectivity index (χ1n) is 5.85. The van der Waals surface area contributed by atoms with E-state index in [2.05, 4.69) is 20.7 Å². The highest BCUT2D eigenvalue weighted by molar-refractivity contribution is 9.10. The Bertz CT molecular complexity index is 760. The topological polar surface area (TPSA) is 46.2 Å². The predicted molar refractivity (Wildman–Crippen MR) is 80.8 cm³/mol. The van der Waals surface area contributed by atoms with Crippen LogP contribution in [-0.2, 0) is 10.0 Å². The number of nitrogens with one attached hydrogen (secondary N) is 1. The van der Waals surface area contributed by atoms with Crippen molar-refractivity contribution in [1.82, 2.24) is 0 Å². The first-order chi connectivity index (χ1) is 9.29. The van der Waals surface area contributed by atoms with Gasteiger partial charge in [0.25, 0.3) is 10.0 Å². The highest BCUT2D eigenvalue weighted by Gasteiger charge is 2.19. The Morgan fingerprint density at radius 2 is 1.65 bits per heavy atom. The molecule has 0 heterocycles. The molecule has 6 heteroatoms. The molecule has 2 aromatic rings. The van der Waals surface area contributed by atoms with Crippen molar-refractivity contribution in [3.8, 4) is 0 Å². The van der Waals surface area contributed by atoms with Gasteiger partial charge in [0, 0.05) is 4.47 Å². The average Bonchev–Trinajstić information content (AvgIpc) is 2.33. The smallest absolute Gasteiger partial charge is 0.263 e. The number of sulfonamides is 1. The molecule has 0 aliphatic carbocycles. The van der Waals surface area contributed by atoms with E-state index in [4.69, 9.17) is 0 Å². The molecule has 3 nitrogen and oxygen atoms in total. The van der Waals surface area contributed by atoms with E-state index in [1.54, 1.807) is 25.1 Å². The lowest BCUT2D eigenvalue weighted by molar-refractivity contribution is 0.598. The molecule has 0 spiro atoms. The van der Waals surface area contributed by atoms with Crippen LogP contribution in [0.2, 0.25) is 0 Å². The Labute approximate surface area is 126 Å². The Balaban J connectivity index is 2.43. The summed E-state index contributed by atoms with van der Waals surface area (Å²) in [4.78, 5) is 0.0732. The second-order valence-electron chi connectivity index (χ2n) is 4.52. The zero-order valence-electron chi connectivity index (χ0n) is 10.9. The standard InChI is InChI=1S/C14H13BrFNO2S/c1-9-4-6-14(11(15)7-9)20(18,19)17-13-8-10(2)3-5-12(13)16/h3-8,17H,1-2H3. The lowest BCUT2D eigenvalue weighted by Gasteiger charge is -2.11. The predicted octanol–water partition coefficient (Wildman–Crippen LogP) is 4.01. The van der Waals surface area contributed by atoms with Gasteiger partial charge in [0.05, 0.1) is 5.69 Å². The molecule has 0 atom stereocenters. The summed E-state index contributed by atoms with van der Waals surface area (Å²) in [5, 5.41) is 0. The molecule has 0 unspecified atom stereocenters. The van der Waals surface area contributed by atoms with Crippen molar-refractivity contribution in [3.05, 3.63) is 57.8 Å². The van der Waals surface area contributed by atoms with Crippen LogP contribution >= 0.6 is 15.9 Å². The van der Waals surface area contributed by atoms with Crippen molar-refractivity contribution >= 4 is 31.6 Å². The van der Waals surface area contributed by atoms with Crippen molar-refractivity contribution in [2.24, 2.45) is 0 Å². The van der Waals surface area contributed by atoms with Crippen LogP contribution in [0.5, 0.6) is 0 Å². The molecule has 0 bridgehead atoms. The molecule has 2 rings (SSSR count). The number of aryl methyl sites for hydroxylation is 2. The SMILES string of the molecule is Cc1ccc(S(=O)(=O)Nc2cc(C)ccc2F)c(Br)c1. The van der Waals surface area contributed by atoms with E-state index < -0.39 is 15.8 Å². The Morgan fingerprint density at radius 1 is 1.05 bits per heavy atom. The summed E-state index contributed by atoms with van der Waals surface area (Å²) >= 11 is 3.22. The van der Waals surface area contributed by atoms with Gasteiger partial charge in [0.1, 0.15) is 10.7 Å². The quantitative estimate of drug-likeness (QED) is 0.901. The van der Waals surface area contributed by atoms with Crippen molar-refractivity contribution in [2.75, 3.05) is 4.72 Å². The molecule has 0 amide bonds. The average molecular weight is 358 g/mol. The number of halogens is 2. The number of rotatable bonds is 3. The van der Waals surface area contributed by atoms with Gasteiger partial charge in [-0.25, -0.2) is 12.8 Å². The minimum Gasteiger partial charge on any atom is -0.277 e. The molecule has 1 N–H and O–H groups in total. The first-order valence-corrected chi connectivity index (χ1v) is 8.12. The number of hydrogen-bond acceptors (Lipinski definition) is 2. The van der Waals surface area contributed by atoms with E-state index >= 15 is 0 Å². The summed E-state index contributed by atoms with van der Waals surface area (Å²) in [6, 6.07) is 9.13. The number of benzene rings is 2. The summed E-state index contributed by atoms with van der Waals surface area (Å²) < 4.78 is 40.9. The van der Waals surface area contributed by atoms with E-state index in [-0.39, 0.29) is 10.6 Å². The van der Waals surface area contributed by atoms with Gasteiger partial charge >= 0.3 is 0 Å². The van der Waals surface area contributed by atoms with Gasteiger partial charge in [0.2, 0.25) is 0 Å². The van der Waals surface area contributed by atoms with Crippen LogP contribution in [0.4, 0.5) is 10.1 Å². The minimum atomic E-state index is -3.84. The van der Waals surface area contributed by atoms with E-state index in [0.717, 1.165) is 11.1 Å². The summed E-state index contributed by atoms with van der Waals surface area (Å²) in [6.45, 7) is 3.62. The second-order valence-corrected chi connectivity index (χ2v) is 7.03. The highest BCUT2D eigenvalue weighted by atomic mass is 79.9. The van der Waals surface area contributed by atoms with Crippen molar-refractivity contribution < 1.29 is 12.8 Å². The molecule has 0 aliphatic rings. The van der Waals surface area contributed by atoms with Gasteiger partial charge in [-0.05, 0) is 65.2 Å². The third-order valence-corrected chi connectivity index (χ3v) is 5.09. The van der Waals surface area contributed by atoms with Gasteiger partial charge in [-0.1, -0.05) is 12.1 Å². The zero-order chi connectivity index (χ0) is 14.9. The molecule has 20 heavy (non-hydrogen) atoms. The fourth-order valence-corrected chi connectivity index (χ4v) is 3.99. The normalized spacial score (nSPS) is 11.4. The van der Waals surface area contributed by atoms with Crippen LogP contribution in [0.15, 0.2) is 45.8 Å². The zero-order valence-corrected chi connectivity index (χ0v) is 13.3. The van der Waals surface area contributed by atoms with Crippen LogP contribution in [0.25, 0.3) is 0 Å². The Hall–Kier alpha value is -1.40.